The monoisotopic (exact) mass is 348 g/mol. The zero-order valence-corrected chi connectivity index (χ0v) is 14.5. The van der Waals surface area contributed by atoms with Gasteiger partial charge in [-0.2, -0.15) is 0 Å². The lowest BCUT2D eigenvalue weighted by atomic mass is 10.2. The predicted molar refractivity (Wildman–Crippen MR) is 91.5 cm³/mol. The van der Waals surface area contributed by atoms with Gasteiger partial charge in [-0.15, -0.1) is 11.8 Å². The van der Waals surface area contributed by atoms with Gasteiger partial charge in [-0.05, 0) is 25.5 Å². The van der Waals surface area contributed by atoms with Crippen molar-refractivity contribution in [2.45, 2.75) is 30.7 Å². The molecule has 1 aromatic rings. The Kier molecular flexibility index (Phi) is 4.54. The van der Waals surface area contributed by atoms with E-state index < -0.39 is 12.0 Å². The minimum absolute atomic E-state index is 0.0165. The van der Waals surface area contributed by atoms with E-state index in [-0.39, 0.29) is 23.3 Å². The average molecular weight is 348 g/mol. The average Bonchev–Trinajstić information content (AvgIpc) is 3.09. The number of fused-ring (bicyclic) bond motifs is 1. The van der Waals surface area contributed by atoms with Crippen LogP contribution in [0.4, 0.5) is 5.69 Å². The Balaban J connectivity index is 1.58. The number of nitrogens with zero attached hydrogens (tertiary/aromatic N) is 2. The lowest BCUT2D eigenvalue weighted by molar-refractivity contribution is -0.155. The molecule has 0 N–H and O–H groups in total. The minimum Gasteiger partial charge on any atom is -0.454 e. The van der Waals surface area contributed by atoms with Gasteiger partial charge in [0.1, 0.15) is 6.04 Å². The van der Waals surface area contributed by atoms with Crippen LogP contribution in [0.25, 0.3) is 0 Å². The van der Waals surface area contributed by atoms with E-state index in [9.17, 15) is 14.4 Å². The number of carbonyl (C=O) groups is 3. The van der Waals surface area contributed by atoms with Crippen LogP contribution in [0.15, 0.2) is 30.3 Å². The Morgan fingerprint density at radius 2 is 2.08 bits per heavy atom. The maximum Gasteiger partial charge on any atom is 0.330 e. The molecule has 0 unspecified atom stereocenters. The van der Waals surface area contributed by atoms with Crippen molar-refractivity contribution in [1.29, 1.82) is 0 Å². The van der Waals surface area contributed by atoms with E-state index in [4.69, 9.17) is 4.74 Å². The minimum atomic E-state index is -0.593. The van der Waals surface area contributed by atoms with Crippen molar-refractivity contribution >= 4 is 35.2 Å². The van der Waals surface area contributed by atoms with Crippen molar-refractivity contribution in [3.63, 3.8) is 0 Å². The number of thioether (sulfide) groups is 1. The first-order chi connectivity index (χ1) is 11.4. The highest BCUT2D eigenvalue weighted by Gasteiger charge is 2.53. The van der Waals surface area contributed by atoms with Crippen molar-refractivity contribution in [2.24, 2.45) is 0 Å². The van der Waals surface area contributed by atoms with Crippen molar-refractivity contribution in [2.75, 3.05) is 24.3 Å². The van der Waals surface area contributed by atoms with E-state index in [1.807, 2.05) is 37.3 Å². The molecule has 24 heavy (non-hydrogen) atoms. The van der Waals surface area contributed by atoms with Crippen molar-refractivity contribution in [1.82, 2.24) is 4.90 Å². The Hall–Kier alpha value is -2.02. The summed E-state index contributed by atoms with van der Waals surface area (Å²) in [5.41, 5.74) is 0.734. The van der Waals surface area contributed by atoms with E-state index in [1.165, 1.54) is 4.90 Å². The Morgan fingerprint density at radius 1 is 1.38 bits per heavy atom. The quantitative estimate of drug-likeness (QED) is 0.774. The molecular formula is C17H20N2O4S. The Bertz CT molecular complexity index is 666. The van der Waals surface area contributed by atoms with Crippen LogP contribution < -0.4 is 4.90 Å². The summed E-state index contributed by atoms with van der Waals surface area (Å²) in [5, 5.41) is 0. The van der Waals surface area contributed by atoms with Crippen LogP contribution in [0.2, 0.25) is 0 Å². The number of hydrogen-bond acceptors (Lipinski definition) is 5. The standard InChI is InChI=1S/C17H20N2O4S/c1-17-9-8-14(20)19(17)13(11-24-17)16(22)23-10-15(21)18(2)12-6-4-3-5-7-12/h3-7,13H,8-11H2,1-2H3/t13-,17+/m0/s1. The maximum atomic E-state index is 12.3. The highest BCUT2D eigenvalue weighted by Crippen LogP contribution is 2.47. The third kappa shape index (κ3) is 3.00. The fraction of sp³-hybridized carbons (Fsp3) is 0.471. The summed E-state index contributed by atoms with van der Waals surface area (Å²) >= 11 is 1.60. The molecule has 2 heterocycles. The zero-order chi connectivity index (χ0) is 17.3. The second-order valence-corrected chi connectivity index (χ2v) is 7.66. The fourth-order valence-corrected chi connectivity index (χ4v) is 4.53. The molecule has 2 fully saturated rings. The highest BCUT2D eigenvalue weighted by atomic mass is 32.2. The molecule has 0 aliphatic carbocycles. The van der Waals surface area contributed by atoms with Crippen molar-refractivity contribution < 1.29 is 19.1 Å². The van der Waals surface area contributed by atoms with E-state index in [0.717, 1.165) is 12.1 Å². The van der Waals surface area contributed by atoms with Gasteiger partial charge in [-0.25, -0.2) is 4.79 Å². The molecule has 2 saturated heterocycles. The van der Waals surface area contributed by atoms with Crippen LogP contribution in [0.1, 0.15) is 19.8 Å². The zero-order valence-electron chi connectivity index (χ0n) is 13.7. The third-order valence-electron chi connectivity index (χ3n) is 4.57. The highest BCUT2D eigenvalue weighted by molar-refractivity contribution is 8.01. The van der Waals surface area contributed by atoms with Crippen molar-refractivity contribution in [3.8, 4) is 0 Å². The lowest BCUT2D eigenvalue weighted by Gasteiger charge is -2.29. The van der Waals surface area contributed by atoms with Crippen LogP contribution >= 0.6 is 11.8 Å². The Morgan fingerprint density at radius 3 is 2.79 bits per heavy atom. The topological polar surface area (TPSA) is 66.9 Å². The van der Waals surface area contributed by atoms with Crippen LogP contribution in [-0.4, -0.2) is 53.0 Å². The van der Waals surface area contributed by atoms with Gasteiger partial charge in [0.05, 0.1) is 4.87 Å². The van der Waals surface area contributed by atoms with E-state index in [1.54, 1.807) is 23.7 Å². The number of ether oxygens (including phenoxy) is 1. The van der Waals surface area contributed by atoms with Gasteiger partial charge < -0.3 is 14.5 Å². The number of amides is 2. The first kappa shape index (κ1) is 16.8. The van der Waals surface area contributed by atoms with E-state index >= 15 is 0 Å². The molecule has 2 aliphatic heterocycles. The SMILES string of the molecule is CN(C(=O)COC(=O)[C@@H]1CS[C@]2(C)CCC(=O)N12)c1ccccc1. The molecule has 0 bridgehead atoms. The largest absolute Gasteiger partial charge is 0.454 e. The summed E-state index contributed by atoms with van der Waals surface area (Å²) in [7, 11) is 1.64. The second-order valence-electron chi connectivity index (χ2n) is 6.16. The molecule has 0 radical (unpaired) electrons. The first-order valence-electron chi connectivity index (χ1n) is 7.87. The summed E-state index contributed by atoms with van der Waals surface area (Å²) < 4.78 is 5.19. The number of rotatable bonds is 4. The summed E-state index contributed by atoms with van der Waals surface area (Å²) in [5.74, 6) is -0.312. The summed E-state index contributed by atoms with van der Waals surface area (Å²) in [4.78, 5) is 39.3. The molecule has 0 aromatic heterocycles. The number of carbonyl (C=O) groups excluding carboxylic acids is 3. The second kappa shape index (κ2) is 6.47. The fourth-order valence-electron chi connectivity index (χ4n) is 3.12. The molecule has 3 rings (SSSR count). The van der Waals surface area contributed by atoms with Crippen LogP contribution in [0, 0.1) is 0 Å². The molecule has 7 heteroatoms. The number of hydrogen-bond donors (Lipinski definition) is 0. The summed E-state index contributed by atoms with van der Waals surface area (Å²) in [6, 6.07) is 8.55. The number of likely N-dealkylation sites (N-methyl/N-ethyl adjacent to an activating group) is 1. The summed E-state index contributed by atoms with van der Waals surface area (Å²) in [6.07, 6.45) is 1.21. The number of esters is 1. The molecule has 2 aliphatic rings. The maximum absolute atomic E-state index is 12.3. The normalized spacial score (nSPS) is 25.5. The van der Waals surface area contributed by atoms with Gasteiger partial charge in [0, 0.05) is 24.9 Å². The van der Waals surface area contributed by atoms with Crippen LogP contribution in [0.5, 0.6) is 0 Å². The third-order valence-corrected chi connectivity index (χ3v) is 6.08. The predicted octanol–water partition coefficient (Wildman–Crippen LogP) is 1.65. The molecule has 2 amide bonds. The molecule has 0 spiro atoms. The molecule has 6 nitrogen and oxygen atoms in total. The number of anilines is 1. The summed E-state index contributed by atoms with van der Waals surface area (Å²) in [6.45, 7) is 1.65. The molecule has 0 saturated carbocycles. The number of benzene rings is 1. The smallest absolute Gasteiger partial charge is 0.330 e. The van der Waals surface area contributed by atoms with E-state index in [2.05, 4.69) is 0 Å². The number of para-hydroxylation sites is 1. The van der Waals surface area contributed by atoms with Crippen LogP contribution in [-0.2, 0) is 19.1 Å². The Labute approximate surface area is 145 Å². The van der Waals surface area contributed by atoms with Gasteiger partial charge in [0.2, 0.25) is 5.91 Å². The van der Waals surface area contributed by atoms with Crippen molar-refractivity contribution in [3.05, 3.63) is 30.3 Å². The molecule has 128 valence electrons. The lowest BCUT2D eigenvalue weighted by Crippen LogP contribution is -2.47. The van der Waals surface area contributed by atoms with Crippen LogP contribution in [0.3, 0.4) is 0 Å². The molecular weight excluding hydrogens is 328 g/mol. The van der Waals surface area contributed by atoms with Gasteiger partial charge in [-0.1, -0.05) is 18.2 Å². The van der Waals surface area contributed by atoms with Gasteiger partial charge >= 0.3 is 5.97 Å². The molecule has 1 aromatic carbocycles. The first-order valence-corrected chi connectivity index (χ1v) is 8.85. The van der Waals surface area contributed by atoms with Gasteiger partial charge in [-0.3, -0.25) is 9.59 Å². The van der Waals surface area contributed by atoms with Gasteiger partial charge in [0.15, 0.2) is 6.61 Å². The molecule has 2 atom stereocenters. The van der Waals surface area contributed by atoms with E-state index in [0.29, 0.717) is 12.2 Å². The van der Waals surface area contributed by atoms with Gasteiger partial charge in [0.25, 0.3) is 5.91 Å².